The van der Waals surface area contributed by atoms with E-state index in [1.165, 1.54) is 0 Å². The van der Waals surface area contributed by atoms with Crippen LogP contribution in [0.25, 0.3) is 0 Å². The summed E-state index contributed by atoms with van der Waals surface area (Å²) in [5.41, 5.74) is 8.44. The molecule has 1 aromatic rings. The largest absolute Gasteiger partial charge is 0.330 e. The first-order valence-corrected chi connectivity index (χ1v) is 8.58. The second-order valence-electron chi connectivity index (χ2n) is 5.81. The fourth-order valence-corrected chi connectivity index (χ4v) is 4.97. The van der Waals surface area contributed by atoms with Crippen molar-refractivity contribution in [2.45, 2.75) is 38.5 Å². The Labute approximate surface area is 134 Å². The van der Waals surface area contributed by atoms with E-state index in [0.717, 1.165) is 29.5 Å². The zero-order valence-electron chi connectivity index (χ0n) is 12.9. The molecule has 120 valence electrons. The van der Waals surface area contributed by atoms with Crippen LogP contribution < -0.4 is 5.73 Å². The van der Waals surface area contributed by atoms with Crippen molar-refractivity contribution in [2.75, 3.05) is 19.6 Å². The van der Waals surface area contributed by atoms with Crippen molar-refractivity contribution in [1.82, 2.24) is 4.31 Å². The van der Waals surface area contributed by atoms with Crippen molar-refractivity contribution in [2.24, 2.45) is 11.7 Å². The first kappa shape index (κ1) is 18.4. The van der Waals surface area contributed by atoms with Gasteiger partial charge in [-0.2, -0.15) is 4.31 Å². The highest BCUT2D eigenvalue weighted by Crippen LogP contribution is 2.28. The highest BCUT2D eigenvalue weighted by atomic mass is 35.5. The third-order valence-corrected chi connectivity index (χ3v) is 6.31. The summed E-state index contributed by atoms with van der Waals surface area (Å²) in [5, 5.41) is 0. The van der Waals surface area contributed by atoms with E-state index >= 15 is 0 Å². The van der Waals surface area contributed by atoms with Gasteiger partial charge in [-0.3, -0.25) is 0 Å². The lowest BCUT2D eigenvalue weighted by molar-refractivity contribution is 0.278. The van der Waals surface area contributed by atoms with Gasteiger partial charge in [0.05, 0.1) is 4.90 Å². The molecule has 0 atom stereocenters. The number of nitrogens with zero attached hydrogens (tertiary/aromatic N) is 1. The standard InChI is InChI=1S/C15H24N2O2S.ClH/c1-11-8-12(2)15(13(3)9-11)20(18,19)17-6-4-14(10-16)5-7-17;/h8-9,14H,4-7,10,16H2,1-3H3;1H. The molecule has 0 spiro atoms. The van der Waals surface area contributed by atoms with E-state index in [1.54, 1.807) is 4.31 Å². The van der Waals surface area contributed by atoms with Crippen molar-refractivity contribution < 1.29 is 8.42 Å². The van der Waals surface area contributed by atoms with Crippen LogP contribution in [0, 0.1) is 26.7 Å². The summed E-state index contributed by atoms with van der Waals surface area (Å²) < 4.78 is 27.3. The van der Waals surface area contributed by atoms with Crippen LogP contribution in [-0.4, -0.2) is 32.4 Å². The smallest absolute Gasteiger partial charge is 0.243 e. The summed E-state index contributed by atoms with van der Waals surface area (Å²) in [6.45, 7) is 7.55. The number of hydrogen-bond donors (Lipinski definition) is 1. The Morgan fingerprint density at radius 2 is 1.62 bits per heavy atom. The number of rotatable bonds is 3. The van der Waals surface area contributed by atoms with Crippen LogP contribution in [0.3, 0.4) is 0 Å². The lowest BCUT2D eigenvalue weighted by atomic mass is 9.99. The Balaban J connectivity index is 0.00000220. The van der Waals surface area contributed by atoms with Crippen LogP contribution >= 0.6 is 12.4 Å². The zero-order valence-corrected chi connectivity index (χ0v) is 14.6. The molecule has 1 aliphatic heterocycles. The maximum absolute atomic E-state index is 12.8. The molecule has 21 heavy (non-hydrogen) atoms. The fourth-order valence-electron chi connectivity index (χ4n) is 3.09. The summed E-state index contributed by atoms with van der Waals surface area (Å²) in [5.74, 6) is 0.460. The molecule has 1 heterocycles. The number of nitrogens with two attached hydrogens (primary N) is 1. The lowest BCUT2D eigenvalue weighted by Gasteiger charge is -2.31. The van der Waals surface area contributed by atoms with Crippen LogP contribution in [0.15, 0.2) is 17.0 Å². The molecule has 2 rings (SSSR count). The van der Waals surface area contributed by atoms with Crippen LogP contribution in [0.5, 0.6) is 0 Å². The molecule has 1 aromatic carbocycles. The molecule has 0 bridgehead atoms. The van der Waals surface area contributed by atoms with E-state index in [2.05, 4.69) is 0 Å². The number of hydrogen-bond acceptors (Lipinski definition) is 3. The monoisotopic (exact) mass is 332 g/mol. The van der Waals surface area contributed by atoms with E-state index in [9.17, 15) is 8.42 Å². The van der Waals surface area contributed by atoms with E-state index < -0.39 is 10.0 Å². The van der Waals surface area contributed by atoms with Crippen LogP contribution in [0.1, 0.15) is 29.5 Å². The van der Waals surface area contributed by atoms with Crippen molar-refractivity contribution in [3.8, 4) is 0 Å². The minimum atomic E-state index is -3.38. The second-order valence-corrected chi connectivity index (χ2v) is 7.69. The first-order valence-electron chi connectivity index (χ1n) is 7.14. The minimum absolute atomic E-state index is 0. The molecule has 1 aliphatic rings. The Bertz CT molecular complexity index is 571. The summed E-state index contributed by atoms with van der Waals surface area (Å²) >= 11 is 0. The van der Waals surface area contributed by atoms with Crippen LogP contribution in [0.4, 0.5) is 0 Å². The van der Waals surface area contributed by atoms with E-state index in [0.29, 0.717) is 30.4 Å². The van der Waals surface area contributed by atoms with Gasteiger partial charge >= 0.3 is 0 Å². The molecule has 0 unspecified atom stereocenters. The van der Waals surface area contributed by atoms with Gasteiger partial charge in [-0.05, 0) is 57.2 Å². The average Bonchev–Trinajstić information content (AvgIpc) is 2.37. The van der Waals surface area contributed by atoms with Gasteiger partial charge in [0.2, 0.25) is 10.0 Å². The third kappa shape index (κ3) is 3.77. The molecule has 4 nitrogen and oxygen atoms in total. The summed E-state index contributed by atoms with van der Waals surface area (Å²) in [7, 11) is -3.38. The van der Waals surface area contributed by atoms with Crippen molar-refractivity contribution in [3.05, 3.63) is 28.8 Å². The van der Waals surface area contributed by atoms with Gasteiger partial charge in [-0.25, -0.2) is 8.42 Å². The number of halogens is 1. The van der Waals surface area contributed by atoms with Gasteiger partial charge in [0.1, 0.15) is 0 Å². The number of aryl methyl sites for hydroxylation is 3. The Morgan fingerprint density at radius 3 is 2.05 bits per heavy atom. The average molecular weight is 333 g/mol. The number of sulfonamides is 1. The highest BCUT2D eigenvalue weighted by Gasteiger charge is 2.31. The number of piperidine rings is 1. The second kappa shape index (κ2) is 7.09. The molecule has 0 amide bonds. The maximum Gasteiger partial charge on any atom is 0.243 e. The SMILES string of the molecule is Cc1cc(C)c(S(=O)(=O)N2CCC(CN)CC2)c(C)c1.Cl. The quantitative estimate of drug-likeness (QED) is 0.924. The molecule has 0 radical (unpaired) electrons. The molecule has 1 saturated heterocycles. The Kier molecular flexibility index (Phi) is 6.23. The first-order chi connectivity index (χ1) is 9.36. The molecule has 2 N–H and O–H groups in total. The lowest BCUT2D eigenvalue weighted by Crippen LogP contribution is -2.40. The van der Waals surface area contributed by atoms with Crippen molar-refractivity contribution in [3.63, 3.8) is 0 Å². The summed E-state index contributed by atoms with van der Waals surface area (Å²) in [4.78, 5) is 0.481. The molecular weight excluding hydrogens is 308 g/mol. The van der Waals surface area contributed by atoms with Gasteiger partial charge in [0.15, 0.2) is 0 Å². The zero-order chi connectivity index (χ0) is 14.9. The molecular formula is C15H25ClN2O2S. The molecule has 0 saturated carbocycles. The molecule has 0 aliphatic carbocycles. The number of benzene rings is 1. The van der Waals surface area contributed by atoms with Gasteiger partial charge in [-0.15, -0.1) is 12.4 Å². The molecule has 0 aromatic heterocycles. The van der Waals surface area contributed by atoms with Crippen LogP contribution in [-0.2, 0) is 10.0 Å². The Hall–Kier alpha value is -0.620. The highest BCUT2D eigenvalue weighted by molar-refractivity contribution is 7.89. The van der Waals surface area contributed by atoms with Gasteiger partial charge in [-0.1, -0.05) is 17.7 Å². The molecule has 1 fully saturated rings. The summed E-state index contributed by atoms with van der Waals surface area (Å²) in [6, 6.07) is 3.87. The van der Waals surface area contributed by atoms with E-state index in [-0.39, 0.29) is 12.4 Å². The predicted octanol–water partition coefficient (Wildman–Crippen LogP) is 2.39. The summed E-state index contributed by atoms with van der Waals surface area (Å²) in [6.07, 6.45) is 1.72. The van der Waals surface area contributed by atoms with Crippen molar-refractivity contribution >= 4 is 22.4 Å². The minimum Gasteiger partial charge on any atom is -0.330 e. The van der Waals surface area contributed by atoms with Gasteiger partial charge in [0.25, 0.3) is 0 Å². The molecule has 6 heteroatoms. The van der Waals surface area contributed by atoms with Crippen LogP contribution in [0.2, 0.25) is 0 Å². The van der Waals surface area contributed by atoms with Crippen molar-refractivity contribution in [1.29, 1.82) is 0 Å². The topological polar surface area (TPSA) is 63.4 Å². The van der Waals surface area contributed by atoms with Gasteiger partial charge < -0.3 is 5.73 Å². The fraction of sp³-hybridized carbons (Fsp3) is 0.600. The normalized spacial score (nSPS) is 17.5. The van der Waals surface area contributed by atoms with Gasteiger partial charge in [0, 0.05) is 13.1 Å². The predicted molar refractivity (Wildman–Crippen MR) is 88.4 cm³/mol. The Morgan fingerprint density at radius 1 is 1.14 bits per heavy atom. The third-order valence-electron chi connectivity index (χ3n) is 4.11. The van der Waals surface area contributed by atoms with E-state index in [4.69, 9.17) is 5.73 Å². The maximum atomic E-state index is 12.8. The van der Waals surface area contributed by atoms with E-state index in [1.807, 2.05) is 32.9 Å².